The second-order valence-electron chi connectivity index (χ2n) is 6.80. The highest BCUT2D eigenvalue weighted by molar-refractivity contribution is 6.29. The van der Waals surface area contributed by atoms with Crippen LogP contribution in [0.5, 0.6) is 5.88 Å². The van der Waals surface area contributed by atoms with Gasteiger partial charge in [0.05, 0.1) is 6.20 Å². The van der Waals surface area contributed by atoms with E-state index in [4.69, 9.17) is 11.6 Å². The lowest BCUT2D eigenvalue weighted by molar-refractivity contribution is -0.697. The Morgan fingerprint density at radius 1 is 1.13 bits per heavy atom. The molecule has 1 N–H and O–H groups in total. The third-order valence-electron chi connectivity index (χ3n) is 4.63. The average molecular weight is 454 g/mol. The van der Waals surface area contributed by atoms with Crippen molar-refractivity contribution in [2.45, 2.75) is 19.3 Å². The maximum atomic E-state index is 13.3. The Morgan fingerprint density at radius 3 is 2.45 bits per heavy atom. The quantitative estimate of drug-likeness (QED) is 0.292. The van der Waals surface area contributed by atoms with Crippen LogP contribution in [-0.2, 0) is 13.1 Å². The zero-order valence-corrected chi connectivity index (χ0v) is 16.4. The molecule has 4 aromatic rings. The Balaban J connectivity index is 2.00. The van der Waals surface area contributed by atoms with Crippen molar-refractivity contribution in [3.8, 4) is 17.0 Å². The van der Waals surface area contributed by atoms with Crippen molar-refractivity contribution in [3.63, 3.8) is 0 Å². The highest BCUT2D eigenvalue weighted by Gasteiger charge is 2.34. The average Bonchev–Trinajstić information content (AvgIpc) is 3.10. The van der Waals surface area contributed by atoms with Crippen LogP contribution in [0.15, 0.2) is 59.8 Å². The van der Waals surface area contributed by atoms with Gasteiger partial charge in [0.2, 0.25) is 0 Å². The van der Waals surface area contributed by atoms with Crippen LogP contribution < -0.4 is 10.1 Å². The molecule has 4 rings (SSSR count). The Labute approximate surface area is 177 Å². The van der Waals surface area contributed by atoms with Gasteiger partial charge < -0.3 is 5.11 Å². The van der Waals surface area contributed by atoms with E-state index in [1.54, 1.807) is 6.07 Å². The third kappa shape index (κ3) is 4.11. The van der Waals surface area contributed by atoms with Crippen molar-refractivity contribution in [2.75, 3.05) is 0 Å². The fraction of sp³-hybridized carbons (Fsp3) is 0.150. The van der Waals surface area contributed by atoms with Gasteiger partial charge in [-0.25, -0.2) is 18.7 Å². The number of imidazole rings is 1. The lowest BCUT2D eigenvalue weighted by Gasteiger charge is -2.12. The van der Waals surface area contributed by atoms with Crippen molar-refractivity contribution in [1.29, 1.82) is 0 Å². The predicted molar refractivity (Wildman–Crippen MR) is 103 cm³/mol. The van der Waals surface area contributed by atoms with Crippen molar-refractivity contribution < 1.29 is 27.2 Å². The number of halogens is 5. The summed E-state index contributed by atoms with van der Waals surface area (Å²) in [5.41, 5.74) is -0.186. The molecule has 0 radical (unpaired) electrons. The molecule has 0 atom stereocenters. The van der Waals surface area contributed by atoms with Gasteiger partial charge in [0.1, 0.15) is 29.3 Å². The van der Waals surface area contributed by atoms with Crippen molar-refractivity contribution in [2.24, 2.45) is 0 Å². The number of rotatable bonds is 4. The second kappa shape index (κ2) is 7.69. The first-order valence-corrected chi connectivity index (χ1v) is 9.31. The number of nitrogens with zero attached hydrogens (tertiary/aromatic N) is 4. The number of benzene rings is 1. The zero-order chi connectivity index (χ0) is 22.3. The number of alkyl halides is 3. The minimum Gasteiger partial charge on any atom is -0.483 e. The van der Waals surface area contributed by atoms with E-state index in [2.05, 4.69) is 4.98 Å². The first kappa shape index (κ1) is 20.9. The maximum Gasteiger partial charge on any atom is 0.419 e. The molecule has 0 fully saturated rings. The standard InChI is InChI=1S/C20H13ClF4N4O2/c21-15-6-1-12(9-26-15)10-29-18(31)16(13-2-4-14(22)5-3-13)17(30)28-8-7-27(19(28)29)11-20(23,24)25/h1-9H,10-11H2/p+1. The van der Waals surface area contributed by atoms with Crippen molar-refractivity contribution in [1.82, 2.24) is 14.0 Å². The SMILES string of the molecule is O=c1c(-c2ccc(F)cc2)c(O)n(Cc2ccc(Cl)nc2)c2n1cc[n+]2CC(F)(F)F. The van der Waals surface area contributed by atoms with Gasteiger partial charge in [-0.1, -0.05) is 29.8 Å². The Bertz CT molecular complexity index is 1310. The van der Waals surface area contributed by atoms with Gasteiger partial charge in [0, 0.05) is 11.8 Å². The van der Waals surface area contributed by atoms with Crippen LogP contribution >= 0.6 is 11.6 Å². The fourth-order valence-electron chi connectivity index (χ4n) is 3.32. The van der Waals surface area contributed by atoms with Crippen LogP contribution in [0.1, 0.15) is 5.56 Å². The molecule has 0 saturated carbocycles. The minimum absolute atomic E-state index is 0.101. The maximum absolute atomic E-state index is 13.3. The Kier molecular flexibility index (Phi) is 5.18. The Morgan fingerprint density at radius 2 is 1.84 bits per heavy atom. The number of fused-ring (bicyclic) bond motifs is 1. The fourth-order valence-corrected chi connectivity index (χ4v) is 3.43. The third-order valence-corrected chi connectivity index (χ3v) is 4.86. The summed E-state index contributed by atoms with van der Waals surface area (Å²) >= 11 is 5.79. The predicted octanol–water partition coefficient (Wildman–Crippen LogP) is 3.56. The molecule has 0 aliphatic heterocycles. The summed E-state index contributed by atoms with van der Waals surface area (Å²) in [6, 6.07) is 7.93. The normalized spacial score (nSPS) is 11.9. The summed E-state index contributed by atoms with van der Waals surface area (Å²) in [6.45, 7) is -1.47. The van der Waals surface area contributed by atoms with Crippen LogP contribution in [-0.4, -0.2) is 25.2 Å². The van der Waals surface area contributed by atoms with Gasteiger partial charge in [-0.15, -0.1) is 0 Å². The summed E-state index contributed by atoms with van der Waals surface area (Å²) < 4.78 is 55.6. The molecule has 160 valence electrons. The van der Waals surface area contributed by atoms with Crippen LogP contribution in [0.4, 0.5) is 17.6 Å². The monoisotopic (exact) mass is 453 g/mol. The molecule has 1 aromatic carbocycles. The summed E-state index contributed by atoms with van der Waals surface area (Å²) in [7, 11) is 0. The topological polar surface area (TPSA) is 63.4 Å². The van der Waals surface area contributed by atoms with Crippen molar-refractivity contribution in [3.05, 3.63) is 81.9 Å². The summed E-state index contributed by atoms with van der Waals surface area (Å²) in [5, 5.41) is 11.2. The van der Waals surface area contributed by atoms with E-state index in [1.165, 1.54) is 30.6 Å². The molecule has 0 amide bonds. The molecule has 6 nitrogen and oxygen atoms in total. The first-order valence-electron chi connectivity index (χ1n) is 8.93. The van der Waals surface area contributed by atoms with Gasteiger partial charge in [-0.2, -0.15) is 22.1 Å². The lowest BCUT2D eigenvalue weighted by atomic mass is 10.1. The molecular weight excluding hydrogens is 440 g/mol. The van der Waals surface area contributed by atoms with Crippen molar-refractivity contribution >= 4 is 17.4 Å². The largest absolute Gasteiger partial charge is 0.483 e. The molecule has 11 heteroatoms. The molecule has 0 unspecified atom stereocenters. The number of hydrogen-bond acceptors (Lipinski definition) is 3. The van der Waals surface area contributed by atoms with E-state index in [0.717, 1.165) is 31.9 Å². The van der Waals surface area contributed by atoms with E-state index in [0.29, 0.717) is 5.56 Å². The van der Waals surface area contributed by atoms with E-state index in [1.807, 2.05) is 0 Å². The minimum atomic E-state index is -4.56. The number of aromatic nitrogens is 4. The number of aromatic hydroxyl groups is 1. The van der Waals surface area contributed by atoms with Gasteiger partial charge in [0.15, 0.2) is 6.54 Å². The van der Waals surface area contributed by atoms with Crippen LogP contribution in [0, 0.1) is 5.82 Å². The molecule has 0 aliphatic carbocycles. The summed E-state index contributed by atoms with van der Waals surface area (Å²) in [6.07, 6.45) is -0.855. The van der Waals surface area contributed by atoms with E-state index >= 15 is 0 Å². The molecule has 0 aliphatic rings. The molecule has 3 aromatic heterocycles. The highest BCUT2D eigenvalue weighted by Crippen LogP contribution is 2.28. The molecule has 3 heterocycles. The van der Waals surface area contributed by atoms with Gasteiger partial charge >= 0.3 is 17.5 Å². The van der Waals surface area contributed by atoms with E-state index in [9.17, 15) is 27.5 Å². The molecule has 0 saturated heterocycles. The molecule has 0 spiro atoms. The van der Waals surface area contributed by atoms with Crippen LogP contribution in [0.2, 0.25) is 5.15 Å². The lowest BCUT2D eigenvalue weighted by Crippen LogP contribution is -2.43. The summed E-state index contributed by atoms with van der Waals surface area (Å²) in [4.78, 5) is 17.0. The van der Waals surface area contributed by atoms with E-state index < -0.39 is 30.0 Å². The molecule has 31 heavy (non-hydrogen) atoms. The second-order valence-corrected chi connectivity index (χ2v) is 7.18. The smallest absolute Gasteiger partial charge is 0.419 e. The van der Waals surface area contributed by atoms with E-state index in [-0.39, 0.29) is 28.6 Å². The van der Waals surface area contributed by atoms with Gasteiger partial charge in [-0.3, -0.25) is 0 Å². The van der Waals surface area contributed by atoms with Gasteiger partial charge in [-0.05, 0) is 23.8 Å². The Hall–Kier alpha value is -3.40. The molecule has 0 bridgehead atoms. The van der Waals surface area contributed by atoms with Gasteiger partial charge in [0.25, 0.3) is 5.88 Å². The molecular formula is C20H14ClF4N4O2+. The van der Waals surface area contributed by atoms with Crippen LogP contribution in [0.3, 0.4) is 0 Å². The number of hydrogen-bond donors (Lipinski definition) is 1. The highest BCUT2D eigenvalue weighted by atomic mass is 35.5. The zero-order valence-electron chi connectivity index (χ0n) is 15.6. The number of pyridine rings is 1. The summed E-state index contributed by atoms with van der Waals surface area (Å²) in [5.74, 6) is -1.28. The van der Waals surface area contributed by atoms with Crippen LogP contribution in [0.25, 0.3) is 16.9 Å². The first-order chi connectivity index (χ1) is 14.6.